The molecule has 0 aromatic heterocycles. The van der Waals surface area contributed by atoms with Crippen LogP contribution in [0.1, 0.15) is 52.0 Å². The smallest absolute Gasteiger partial charge is 0.410 e. The number of amides is 1. The maximum atomic E-state index is 13.9. The quantitative estimate of drug-likeness (QED) is 0.440. The van der Waals surface area contributed by atoms with E-state index < -0.39 is 45.2 Å². The summed E-state index contributed by atoms with van der Waals surface area (Å²) in [7, 11) is -3.79. The predicted octanol–water partition coefficient (Wildman–Crippen LogP) is 4.97. The molecule has 0 aliphatic carbocycles. The topological polar surface area (TPSA) is 91.4 Å². The van der Waals surface area contributed by atoms with Crippen LogP contribution in [0.15, 0.2) is 65.6 Å². The lowest BCUT2D eigenvalue weighted by Crippen LogP contribution is -2.50. The van der Waals surface area contributed by atoms with Crippen LogP contribution in [0.5, 0.6) is 0 Å². The Bertz CT molecular complexity index is 1130. The maximum absolute atomic E-state index is 13.9. The van der Waals surface area contributed by atoms with Crippen LogP contribution in [0.4, 0.5) is 4.79 Å². The fourth-order valence-corrected chi connectivity index (χ4v) is 6.96. The molecule has 2 aromatic rings. The summed E-state index contributed by atoms with van der Waals surface area (Å²) in [6, 6.07) is 16.8. The van der Waals surface area contributed by atoms with E-state index in [-0.39, 0.29) is 24.5 Å². The number of hydrogen-bond acceptors (Lipinski definition) is 7. The zero-order valence-corrected chi connectivity index (χ0v) is 23.3. The molecule has 0 bridgehead atoms. The molecule has 0 N–H and O–H groups in total. The SMILES string of the molecule is CC(C)(C)OC(=O)N1[C@H](COCc2ccccc2)C[C@H](S(=O)(=O)c2ccccc2)[C@H]1COC1CCCCO1. The molecular formula is C29H39NO7S. The monoisotopic (exact) mass is 545 g/mol. The van der Waals surface area contributed by atoms with Crippen LogP contribution in [0.3, 0.4) is 0 Å². The van der Waals surface area contributed by atoms with Crippen molar-refractivity contribution in [3.05, 3.63) is 66.2 Å². The fourth-order valence-electron chi connectivity index (χ4n) is 4.98. The Hall–Kier alpha value is -2.46. The van der Waals surface area contributed by atoms with Gasteiger partial charge in [-0.25, -0.2) is 13.2 Å². The first-order valence-corrected chi connectivity index (χ1v) is 14.8. The zero-order chi connectivity index (χ0) is 27.2. The molecule has 208 valence electrons. The molecule has 9 heteroatoms. The van der Waals surface area contributed by atoms with Gasteiger partial charge in [0.2, 0.25) is 0 Å². The van der Waals surface area contributed by atoms with Gasteiger partial charge in [0, 0.05) is 6.61 Å². The lowest BCUT2D eigenvalue weighted by molar-refractivity contribution is -0.169. The number of rotatable bonds is 9. The molecule has 0 spiro atoms. The van der Waals surface area contributed by atoms with E-state index in [2.05, 4.69) is 0 Å². The van der Waals surface area contributed by atoms with Gasteiger partial charge in [0.1, 0.15) is 5.60 Å². The summed E-state index contributed by atoms with van der Waals surface area (Å²) >= 11 is 0. The Balaban J connectivity index is 1.61. The van der Waals surface area contributed by atoms with E-state index in [0.29, 0.717) is 13.2 Å². The Labute approximate surface area is 226 Å². The number of benzene rings is 2. The Morgan fingerprint density at radius 2 is 1.68 bits per heavy atom. The first-order valence-electron chi connectivity index (χ1n) is 13.3. The van der Waals surface area contributed by atoms with Crippen molar-refractivity contribution in [2.75, 3.05) is 19.8 Å². The molecule has 8 nitrogen and oxygen atoms in total. The number of carbonyl (C=O) groups excluding carboxylic acids is 1. The Morgan fingerprint density at radius 3 is 2.32 bits per heavy atom. The second kappa shape index (κ2) is 12.6. The third kappa shape index (κ3) is 7.34. The van der Waals surface area contributed by atoms with Crippen LogP contribution in [0.25, 0.3) is 0 Å². The summed E-state index contributed by atoms with van der Waals surface area (Å²) in [5, 5.41) is -0.883. The highest BCUT2D eigenvalue weighted by atomic mass is 32.2. The van der Waals surface area contributed by atoms with Crippen molar-refractivity contribution in [1.29, 1.82) is 0 Å². The molecule has 2 saturated heterocycles. The Morgan fingerprint density at radius 1 is 1.00 bits per heavy atom. The Kier molecular flexibility index (Phi) is 9.46. The number of hydrogen-bond donors (Lipinski definition) is 0. The number of sulfone groups is 1. The number of ether oxygens (including phenoxy) is 4. The van der Waals surface area contributed by atoms with E-state index in [1.807, 2.05) is 30.3 Å². The minimum absolute atomic E-state index is 0.0236. The van der Waals surface area contributed by atoms with Crippen LogP contribution in [-0.2, 0) is 35.4 Å². The lowest BCUT2D eigenvalue weighted by Gasteiger charge is -2.34. The molecule has 2 heterocycles. The van der Waals surface area contributed by atoms with Crippen molar-refractivity contribution < 1.29 is 32.2 Å². The van der Waals surface area contributed by atoms with Crippen LogP contribution in [0.2, 0.25) is 0 Å². The zero-order valence-electron chi connectivity index (χ0n) is 22.5. The summed E-state index contributed by atoms with van der Waals surface area (Å²) in [6.45, 7) is 6.53. The number of carbonyl (C=O) groups is 1. The van der Waals surface area contributed by atoms with Crippen molar-refractivity contribution in [1.82, 2.24) is 4.90 Å². The van der Waals surface area contributed by atoms with E-state index in [9.17, 15) is 13.2 Å². The summed E-state index contributed by atoms with van der Waals surface area (Å²) < 4.78 is 51.3. The van der Waals surface area contributed by atoms with Gasteiger partial charge in [-0.3, -0.25) is 4.90 Å². The van der Waals surface area contributed by atoms with Gasteiger partial charge < -0.3 is 18.9 Å². The molecule has 2 aliphatic rings. The molecule has 2 fully saturated rings. The predicted molar refractivity (Wildman–Crippen MR) is 143 cm³/mol. The molecule has 4 rings (SSSR count). The van der Waals surface area contributed by atoms with E-state index in [4.69, 9.17) is 18.9 Å². The van der Waals surface area contributed by atoms with E-state index in [1.54, 1.807) is 51.1 Å². The van der Waals surface area contributed by atoms with Gasteiger partial charge in [-0.15, -0.1) is 0 Å². The molecule has 2 aromatic carbocycles. The van der Waals surface area contributed by atoms with E-state index >= 15 is 0 Å². The van der Waals surface area contributed by atoms with Crippen molar-refractivity contribution in [2.24, 2.45) is 0 Å². The van der Waals surface area contributed by atoms with Crippen molar-refractivity contribution in [2.45, 2.75) is 87.2 Å². The molecule has 1 amide bonds. The minimum atomic E-state index is -3.79. The third-order valence-corrected chi connectivity index (χ3v) is 9.00. The summed E-state index contributed by atoms with van der Waals surface area (Å²) in [5.41, 5.74) is 0.248. The highest BCUT2D eigenvalue weighted by molar-refractivity contribution is 7.92. The molecule has 0 radical (unpaired) electrons. The second-order valence-electron chi connectivity index (χ2n) is 10.9. The second-order valence-corrected chi connectivity index (χ2v) is 13.0. The van der Waals surface area contributed by atoms with Gasteiger partial charge in [0.25, 0.3) is 0 Å². The van der Waals surface area contributed by atoms with Crippen LogP contribution in [0, 0.1) is 0 Å². The third-order valence-electron chi connectivity index (χ3n) is 6.77. The summed E-state index contributed by atoms with van der Waals surface area (Å²) in [5.74, 6) is 0. The molecule has 2 aliphatic heterocycles. The number of likely N-dealkylation sites (tertiary alicyclic amines) is 1. The van der Waals surface area contributed by atoms with Crippen molar-refractivity contribution in [3.63, 3.8) is 0 Å². The molecule has 1 unspecified atom stereocenters. The van der Waals surface area contributed by atoms with Crippen LogP contribution in [-0.4, -0.2) is 68.5 Å². The highest BCUT2D eigenvalue weighted by Crippen LogP contribution is 2.35. The highest BCUT2D eigenvalue weighted by Gasteiger charge is 2.51. The van der Waals surface area contributed by atoms with Gasteiger partial charge >= 0.3 is 6.09 Å². The van der Waals surface area contributed by atoms with Crippen LogP contribution >= 0.6 is 0 Å². The summed E-state index contributed by atoms with van der Waals surface area (Å²) in [4.78, 5) is 15.3. The van der Waals surface area contributed by atoms with Gasteiger partial charge in [0.15, 0.2) is 16.1 Å². The van der Waals surface area contributed by atoms with E-state index in [1.165, 1.54) is 4.90 Å². The standard InChI is InChI=1S/C29H39NO7S/c1-29(2,3)37-28(31)30-23(20-34-19-22-12-6-4-7-13-22)18-26(38(32,33)24-14-8-5-9-15-24)25(30)21-36-27-16-10-11-17-35-27/h4-9,12-15,23,25-27H,10-11,16-21H2,1-3H3/t23-,25+,26-,27?/m0/s1. The first-order chi connectivity index (χ1) is 18.1. The fraction of sp³-hybridized carbons (Fsp3) is 0.552. The molecule has 0 saturated carbocycles. The van der Waals surface area contributed by atoms with E-state index in [0.717, 1.165) is 24.8 Å². The van der Waals surface area contributed by atoms with Crippen molar-refractivity contribution in [3.8, 4) is 0 Å². The maximum Gasteiger partial charge on any atom is 0.410 e. The molecule has 4 atom stereocenters. The minimum Gasteiger partial charge on any atom is -0.444 e. The van der Waals surface area contributed by atoms with Gasteiger partial charge in [-0.2, -0.15) is 0 Å². The molecule has 38 heavy (non-hydrogen) atoms. The first kappa shape index (κ1) is 28.5. The van der Waals surface area contributed by atoms with Crippen molar-refractivity contribution >= 4 is 15.9 Å². The number of nitrogens with zero attached hydrogens (tertiary/aromatic N) is 1. The average molecular weight is 546 g/mol. The van der Waals surface area contributed by atoms with Gasteiger partial charge in [0.05, 0.1) is 42.0 Å². The van der Waals surface area contributed by atoms with Crippen LogP contribution < -0.4 is 0 Å². The van der Waals surface area contributed by atoms with Gasteiger partial charge in [-0.05, 0) is 64.2 Å². The average Bonchev–Trinajstić information content (AvgIpc) is 3.27. The van der Waals surface area contributed by atoms with Gasteiger partial charge in [-0.1, -0.05) is 48.5 Å². The normalized spacial score (nSPS) is 24.3. The molecular weight excluding hydrogens is 506 g/mol. The largest absolute Gasteiger partial charge is 0.444 e. The lowest BCUT2D eigenvalue weighted by atomic mass is 10.2. The summed E-state index contributed by atoms with van der Waals surface area (Å²) in [6.07, 6.45) is 1.91.